The molecule has 3 aromatic rings. The molecule has 8 heteroatoms. The van der Waals surface area contributed by atoms with Gasteiger partial charge in [-0.1, -0.05) is 18.3 Å². The summed E-state index contributed by atoms with van der Waals surface area (Å²) < 4.78 is 1.85. The average Bonchev–Trinajstić information content (AvgIpc) is 3.44. The van der Waals surface area contributed by atoms with Crippen molar-refractivity contribution in [3.63, 3.8) is 0 Å². The molecule has 2 bridgehead atoms. The van der Waals surface area contributed by atoms with Crippen molar-refractivity contribution >= 4 is 16.5 Å². The number of anilines is 1. The maximum atomic E-state index is 10.6. The minimum atomic E-state index is 0.189. The first-order valence-corrected chi connectivity index (χ1v) is 11.3. The van der Waals surface area contributed by atoms with Crippen LogP contribution in [0.2, 0.25) is 0 Å². The number of piperidine rings is 1. The number of fused-ring (bicyclic) bond motifs is 2. The monoisotopic (exact) mass is 424 g/mol. The van der Waals surface area contributed by atoms with Crippen LogP contribution in [0.25, 0.3) is 16.3 Å². The summed E-state index contributed by atoms with van der Waals surface area (Å²) in [5, 5.41) is 24.5. The number of hydrogen-bond donors (Lipinski definition) is 2. The van der Waals surface area contributed by atoms with Gasteiger partial charge in [0.1, 0.15) is 5.75 Å². The van der Waals surface area contributed by atoms with Crippen LogP contribution >= 0.6 is 11.3 Å². The molecule has 5 rings (SSSR count). The Morgan fingerprint density at radius 2 is 2.07 bits per heavy atom. The molecule has 0 radical (unpaired) electrons. The molecule has 2 aliphatic heterocycles. The fourth-order valence-corrected chi connectivity index (χ4v) is 6.17. The molecule has 0 spiro atoms. The number of rotatable bonds is 4. The van der Waals surface area contributed by atoms with E-state index in [0.29, 0.717) is 22.5 Å². The van der Waals surface area contributed by atoms with E-state index in [4.69, 9.17) is 0 Å². The zero-order chi connectivity index (χ0) is 21.1. The van der Waals surface area contributed by atoms with E-state index in [0.717, 1.165) is 17.2 Å². The molecule has 0 saturated carbocycles. The lowest BCUT2D eigenvalue weighted by molar-refractivity contribution is -0.00796. The Bertz CT molecular complexity index is 1070. The van der Waals surface area contributed by atoms with Gasteiger partial charge in [-0.2, -0.15) is 0 Å². The first-order valence-electron chi connectivity index (χ1n) is 10.5. The van der Waals surface area contributed by atoms with Gasteiger partial charge in [0.2, 0.25) is 5.13 Å². The van der Waals surface area contributed by atoms with Crippen LogP contribution in [0.3, 0.4) is 0 Å². The Morgan fingerprint density at radius 1 is 1.23 bits per heavy atom. The smallest absolute Gasteiger partial charge is 0.206 e. The minimum absolute atomic E-state index is 0.189. The van der Waals surface area contributed by atoms with Gasteiger partial charge in [0, 0.05) is 35.6 Å². The third kappa shape index (κ3) is 2.93. The Balaban J connectivity index is 1.37. The zero-order valence-electron chi connectivity index (χ0n) is 17.8. The predicted octanol–water partition coefficient (Wildman–Crippen LogP) is 4.16. The summed E-state index contributed by atoms with van der Waals surface area (Å²) in [4.78, 5) is 6.64. The summed E-state index contributed by atoms with van der Waals surface area (Å²) in [7, 11) is 2.28. The molecule has 2 aliphatic rings. The van der Waals surface area contributed by atoms with Gasteiger partial charge in [0.05, 0.1) is 17.6 Å². The summed E-state index contributed by atoms with van der Waals surface area (Å²) in [6.45, 7) is 7.12. The Kier molecular flexibility index (Phi) is 4.41. The molecule has 2 saturated heterocycles. The third-order valence-electron chi connectivity index (χ3n) is 7.74. The van der Waals surface area contributed by atoms with Gasteiger partial charge >= 0.3 is 0 Å². The van der Waals surface area contributed by atoms with Gasteiger partial charge in [0.25, 0.3) is 0 Å². The molecule has 30 heavy (non-hydrogen) atoms. The first kappa shape index (κ1) is 19.5. The number of imidazole rings is 1. The lowest BCUT2D eigenvalue weighted by Gasteiger charge is -2.53. The second-order valence-electron chi connectivity index (χ2n) is 9.24. The highest BCUT2D eigenvalue weighted by atomic mass is 32.1. The van der Waals surface area contributed by atoms with Crippen LogP contribution < -0.4 is 5.32 Å². The average molecular weight is 425 g/mol. The summed E-state index contributed by atoms with van der Waals surface area (Å²) in [5.41, 5.74) is 1.99. The van der Waals surface area contributed by atoms with Crippen LogP contribution in [0.15, 0.2) is 36.9 Å². The topological polar surface area (TPSA) is 79.1 Å². The summed E-state index contributed by atoms with van der Waals surface area (Å²) >= 11 is 1.49. The van der Waals surface area contributed by atoms with Gasteiger partial charge in [-0.3, -0.25) is 4.90 Å². The van der Waals surface area contributed by atoms with E-state index >= 15 is 0 Å². The van der Waals surface area contributed by atoms with Gasteiger partial charge in [0.15, 0.2) is 5.01 Å². The van der Waals surface area contributed by atoms with Crippen LogP contribution in [0, 0.1) is 5.92 Å². The highest BCUT2D eigenvalue weighted by Crippen LogP contribution is 2.52. The maximum Gasteiger partial charge on any atom is 0.206 e. The van der Waals surface area contributed by atoms with Gasteiger partial charge in [-0.15, -0.1) is 10.2 Å². The number of benzene rings is 1. The quantitative estimate of drug-likeness (QED) is 0.655. The zero-order valence-corrected chi connectivity index (χ0v) is 18.6. The fourth-order valence-electron chi connectivity index (χ4n) is 5.33. The van der Waals surface area contributed by atoms with E-state index in [2.05, 4.69) is 53.2 Å². The second-order valence-corrected chi connectivity index (χ2v) is 10.2. The van der Waals surface area contributed by atoms with Crippen molar-refractivity contribution in [1.29, 1.82) is 0 Å². The normalized spacial score (nSPS) is 31.2. The van der Waals surface area contributed by atoms with E-state index in [9.17, 15) is 5.11 Å². The van der Waals surface area contributed by atoms with E-state index in [1.807, 2.05) is 22.9 Å². The molecule has 158 valence electrons. The van der Waals surface area contributed by atoms with E-state index in [1.54, 1.807) is 18.6 Å². The molecule has 4 unspecified atom stereocenters. The van der Waals surface area contributed by atoms with Crippen LogP contribution in [-0.4, -0.2) is 53.9 Å². The summed E-state index contributed by atoms with van der Waals surface area (Å²) in [6.07, 6.45) is 8.83. The Morgan fingerprint density at radius 3 is 2.80 bits per heavy atom. The molecule has 1 aromatic carbocycles. The van der Waals surface area contributed by atoms with E-state index in [-0.39, 0.29) is 16.8 Å². The van der Waals surface area contributed by atoms with Crippen molar-refractivity contribution in [1.82, 2.24) is 24.6 Å². The molecule has 2 fully saturated rings. The standard InChI is InChI=1S/C22H28N6OS/c1-14-17(12-21(2)7-8-22(14,3)27(21)4)24-20-26-25-19(30-20)16-6-5-15(11-18(16)29)28-10-9-23-13-28/h5-6,9-11,13-14,17,29H,7-8,12H2,1-4H3,(H,24,26). The van der Waals surface area contributed by atoms with Gasteiger partial charge in [-0.25, -0.2) is 4.98 Å². The number of phenols is 1. The third-order valence-corrected chi connectivity index (χ3v) is 8.63. The Labute approximate surface area is 180 Å². The molecular weight excluding hydrogens is 396 g/mol. The summed E-state index contributed by atoms with van der Waals surface area (Å²) in [6, 6.07) is 5.92. The second kappa shape index (κ2) is 6.78. The summed E-state index contributed by atoms with van der Waals surface area (Å²) in [5.74, 6) is 0.697. The van der Waals surface area contributed by atoms with Crippen molar-refractivity contribution in [3.05, 3.63) is 36.9 Å². The van der Waals surface area contributed by atoms with Crippen LogP contribution in [0.5, 0.6) is 5.75 Å². The Hall–Kier alpha value is -2.45. The highest BCUT2D eigenvalue weighted by molar-refractivity contribution is 7.18. The number of phenolic OH excluding ortho intramolecular Hbond substituents is 1. The molecule has 0 amide bonds. The number of aromatic hydroxyl groups is 1. The van der Waals surface area contributed by atoms with Crippen molar-refractivity contribution in [2.45, 2.75) is 57.2 Å². The number of aromatic nitrogens is 4. The van der Waals surface area contributed by atoms with Crippen LogP contribution in [-0.2, 0) is 0 Å². The van der Waals surface area contributed by atoms with E-state index < -0.39 is 0 Å². The molecule has 2 N–H and O–H groups in total. The molecule has 2 aromatic heterocycles. The minimum Gasteiger partial charge on any atom is -0.507 e. The van der Waals surface area contributed by atoms with Crippen molar-refractivity contribution in [3.8, 4) is 22.0 Å². The SMILES string of the molecule is CC1C(Nc2nnc(-c3ccc(-n4ccnc4)cc3O)s2)CC2(C)CCC1(C)N2C. The van der Waals surface area contributed by atoms with Crippen molar-refractivity contribution in [2.75, 3.05) is 12.4 Å². The molecule has 0 aliphatic carbocycles. The lowest BCUT2D eigenvalue weighted by Crippen LogP contribution is -2.62. The number of hydrogen-bond acceptors (Lipinski definition) is 7. The number of nitrogens with one attached hydrogen (secondary N) is 1. The molecule has 4 heterocycles. The molecule has 4 atom stereocenters. The highest BCUT2D eigenvalue weighted by Gasteiger charge is 2.57. The van der Waals surface area contributed by atoms with Gasteiger partial charge < -0.3 is 15.0 Å². The number of nitrogens with zero attached hydrogens (tertiary/aromatic N) is 5. The lowest BCUT2D eigenvalue weighted by atomic mass is 9.75. The maximum absolute atomic E-state index is 10.6. The fraction of sp³-hybridized carbons (Fsp3) is 0.500. The first-order chi connectivity index (χ1) is 14.3. The van der Waals surface area contributed by atoms with Crippen molar-refractivity contribution in [2.24, 2.45) is 5.92 Å². The molecule has 7 nitrogen and oxygen atoms in total. The largest absolute Gasteiger partial charge is 0.507 e. The predicted molar refractivity (Wildman–Crippen MR) is 119 cm³/mol. The van der Waals surface area contributed by atoms with Crippen LogP contribution in [0.1, 0.15) is 40.0 Å². The van der Waals surface area contributed by atoms with Gasteiger partial charge in [-0.05, 0) is 58.2 Å². The van der Waals surface area contributed by atoms with Crippen molar-refractivity contribution < 1.29 is 5.11 Å². The van der Waals surface area contributed by atoms with Crippen LogP contribution in [0.4, 0.5) is 5.13 Å². The van der Waals surface area contributed by atoms with E-state index in [1.165, 1.54) is 24.2 Å². The molecular formula is C22H28N6OS.